The Morgan fingerprint density at radius 3 is 2.95 bits per heavy atom. The lowest BCUT2D eigenvalue weighted by Gasteiger charge is -2.16. The Kier molecular flexibility index (Phi) is 4.99. The zero-order chi connectivity index (χ0) is 14.5. The van der Waals surface area contributed by atoms with E-state index in [1.807, 2.05) is 19.1 Å². The summed E-state index contributed by atoms with van der Waals surface area (Å²) in [6.45, 7) is 4.08. The van der Waals surface area contributed by atoms with E-state index in [4.69, 9.17) is 0 Å². The molecule has 0 spiro atoms. The molecule has 0 saturated heterocycles. The third kappa shape index (κ3) is 3.72. The minimum absolute atomic E-state index is 0.232. The summed E-state index contributed by atoms with van der Waals surface area (Å²) in [7, 11) is 0. The van der Waals surface area contributed by atoms with Gasteiger partial charge in [0, 0.05) is 6.42 Å². The molecule has 2 heteroatoms. The SMILES string of the molecule is CC/C(C)=C\C(=O)C[C@H]1CCCCc2cc(O)ccc21. The van der Waals surface area contributed by atoms with Gasteiger partial charge in [0.1, 0.15) is 5.75 Å². The molecule has 0 radical (unpaired) electrons. The minimum Gasteiger partial charge on any atom is -0.508 e. The average molecular weight is 272 g/mol. The summed E-state index contributed by atoms with van der Waals surface area (Å²) in [5.41, 5.74) is 3.63. The van der Waals surface area contributed by atoms with Gasteiger partial charge >= 0.3 is 0 Å². The van der Waals surface area contributed by atoms with Crippen LogP contribution in [0.5, 0.6) is 5.75 Å². The first-order valence-corrected chi connectivity index (χ1v) is 7.62. The molecule has 0 aliphatic heterocycles. The number of hydrogen-bond donors (Lipinski definition) is 1. The highest BCUT2D eigenvalue weighted by atomic mass is 16.3. The fourth-order valence-electron chi connectivity index (χ4n) is 2.96. The molecule has 0 bridgehead atoms. The number of hydrogen-bond acceptors (Lipinski definition) is 2. The van der Waals surface area contributed by atoms with Crippen LogP contribution in [0.25, 0.3) is 0 Å². The van der Waals surface area contributed by atoms with Gasteiger partial charge in [-0.1, -0.05) is 25.0 Å². The van der Waals surface area contributed by atoms with Crippen molar-refractivity contribution in [1.82, 2.24) is 0 Å². The van der Waals surface area contributed by atoms with Crippen LogP contribution in [0.1, 0.15) is 63.0 Å². The smallest absolute Gasteiger partial charge is 0.156 e. The highest BCUT2D eigenvalue weighted by Crippen LogP contribution is 2.34. The summed E-state index contributed by atoms with van der Waals surface area (Å²) in [5, 5.41) is 9.62. The predicted octanol–water partition coefficient (Wildman–Crippen LogP) is 4.52. The highest BCUT2D eigenvalue weighted by molar-refractivity contribution is 5.90. The Balaban J connectivity index is 2.18. The maximum Gasteiger partial charge on any atom is 0.156 e. The number of ketones is 1. The second-order valence-corrected chi connectivity index (χ2v) is 5.84. The largest absolute Gasteiger partial charge is 0.508 e. The number of rotatable bonds is 4. The van der Waals surface area contributed by atoms with Crippen molar-refractivity contribution in [2.24, 2.45) is 0 Å². The number of carbonyl (C=O) groups excluding carboxylic acids is 1. The molecular weight excluding hydrogens is 248 g/mol. The molecule has 0 heterocycles. The number of allylic oxidation sites excluding steroid dienone is 2. The zero-order valence-electron chi connectivity index (χ0n) is 12.5. The van der Waals surface area contributed by atoms with Gasteiger partial charge in [0.25, 0.3) is 0 Å². The van der Waals surface area contributed by atoms with Crippen LogP contribution in [0.15, 0.2) is 29.8 Å². The van der Waals surface area contributed by atoms with Crippen molar-refractivity contribution in [3.05, 3.63) is 41.0 Å². The normalized spacial score (nSPS) is 19.3. The Labute approximate surface area is 121 Å². The lowest BCUT2D eigenvalue weighted by atomic mass is 9.88. The molecular formula is C18H24O2. The van der Waals surface area contributed by atoms with Crippen LogP contribution in [-0.2, 0) is 11.2 Å². The lowest BCUT2D eigenvalue weighted by Crippen LogP contribution is -2.06. The summed E-state index contributed by atoms with van der Waals surface area (Å²) in [6.07, 6.45) is 7.70. The van der Waals surface area contributed by atoms with E-state index in [1.54, 1.807) is 12.1 Å². The van der Waals surface area contributed by atoms with Crippen molar-refractivity contribution in [2.75, 3.05) is 0 Å². The van der Waals surface area contributed by atoms with Gasteiger partial charge in [-0.25, -0.2) is 0 Å². The monoisotopic (exact) mass is 272 g/mol. The fraction of sp³-hybridized carbons (Fsp3) is 0.500. The van der Waals surface area contributed by atoms with E-state index in [0.29, 0.717) is 18.1 Å². The maximum atomic E-state index is 12.1. The maximum absolute atomic E-state index is 12.1. The van der Waals surface area contributed by atoms with E-state index in [0.717, 1.165) is 37.7 Å². The first-order valence-electron chi connectivity index (χ1n) is 7.62. The summed E-state index contributed by atoms with van der Waals surface area (Å²) in [6, 6.07) is 5.62. The molecule has 1 N–H and O–H groups in total. The van der Waals surface area contributed by atoms with Crippen molar-refractivity contribution in [1.29, 1.82) is 0 Å². The first-order chi connectivity index (χ1) is 9.60. The number of phenolic OH excluding ortho intramolecular Hbond substituents is 1. The number of benzene rings is 1. The van der Waals surface area contributed by atoms with Crippen LogP contribution in [0.2, 0.25) is 0 Å². The minimum atomic E-state index is 0.232. The van der Waals surface area contributed by atoms with Gasteiger partial charge < -0.3 is 5.11 Å². The Hall–Kier alpha value is -1.57. The number of fused-ring (bicyclic) bond motifs is 1. The molecule has 1 aliphatic carbocycles. The summed E-state index contributed by atoms with van der Waals surface area (Å²) >= 11 is 0. The van der Waals surface area contributed by atoms with Gasteiger partial charge in [0.2, 0.25) is 0 Å². The molecule has 2 rings (SSSR count). The van der Waals surface area contributed by atoms with Gasteiger partial charge in [-0.2, -0.15) is 0 Å². The molecule has 0 aromatic heterocycles. The molecule has 108 valence electrons. The van der Waals surface area contributed by atoms with Gasteiger partial charge in [-0.3, -0.25) is 4.79 Å². The highest BCUT2D eigenvalue weighted by Gasteiger charge is 2.21. The van der Waals surface area contributed by atoms with Gasteiger partial charge in [-0.15, -0.1) is 0 Å². The second-order valence-electron chi connectivity index (χ2n) is 5.84. The topological polar surface area (TPSA) is 37.3 Å². The third-order valence-electron chi connectivity index (χ3n) is 4.23. The number of aryl methyl sites for hydroxylation is 1. The molecule has 2 nitrogen and oxygen atoms in total. The van der Waals surface area contributed by atoms with Crippen LogP contribution in [-0.4, -0.2) is 10.9 Å². The Morgan fingerprint density at radius 2 is 2.20 bits per heavy atom. The fourth-order valence-corrected chi connectivity index (χ4v) is 2.96. The summed E-state index contributed by atoms with van der Waals surface area (Å²) < 4.78 is 0. The predicted molar refractivity (Wildman–Crippen MR) is 82.1 cm³/mol. The van der Waals surface area contributed by atoms with Crippen LogP contribution >= 0.6 is 0 Å². The molecule has 1 aliphatic rings. The van der Waals surface area contributed by atoms with E-state index in [-0.39, 0.29) is 5.78 Å². The average Bonchev–Trinajstić information content (AvgIpc) is 2.60. The molecule has 1 atom stereocenters. The van der Waals surface area contributed by atoms with Crippen LogP contribution < -0.4 is 0 Å². The van der Waals surface area contributed by atoms with Crippen LogP contribution in [0, 0.1) is 0 Å². The molecule has 1 aromatic carbocycles. The Bertz CT molecular complexity index is 514. The van der Waals surface area contributed by atoms with Gasteiger partial charge in [0.15, 0.2) is 5.78 Å². The first kappa shape index (κ1) is 14.8. The van der Waals surface area contributed by atoms with Crippen molar-refractivity contribution in [2.45, 2.75) is 58.3 Å². The number of phenols is 1. The molecule has 0 fully saturated rings. The molecule has 20 heavy (non-hydrogen) atoms. The van der Waals surface area contributed by atoms with Crippen molar-refractivity contribution < 1.29 is 9.90 Å². The zero-order valence-corrected chi connectivity index (χ0v) is 12.5. The third-order valence-corrected chi connectivity index (χ3v) is 4.23. The van der Waals surface area contributed by atoms with E-state index in [1.165, 1.54) is 11.1 Å². The van der Waals surface area contributed by atoms with E-state index >= 15 is 0 Å². The molecule has 0 saturated carbocycles. The van der Waals surface area contributed by atoms with Crippen molar-refractivity contribution in [3.63, 3.8) is 0 Å². The van der Waals surface area contributed by atoms with Crippen LogP contribution in [0.4, 0.5) is 0 Å². The van der Waals surface area contributed by atoms with E-state index in [2.05, 4.69) is 6.92 Å². The van der Waals surface area contributed by atoms with Gasteiger partial charge in [0.05, 0.1) is 0 Å². The molecule has 1 aromatic rings. The quantitative estimate of drug-likeness (QED) is 0.646. The van der Waals surface area contributed by atoms with E-state index < -0.39 is 0 Å². The molecule has 0 unspecified atom stereocenters. The second kappa shape index (κ2) is 6.74. The van der Waals surface area contributed by atoms with Crippen molar-refractivity contribution >= 4 is 5.78 Å². The summed E-state index contributed by atoms with van der Waals surface area (Å²) in [4.78, 5) is 12.1. The van der Waals surface area contributed by atoms with Crippen molar-refractivity contribution in [3.8, 4) is 5.75 Å². The van der Waals surface area contributed by atoms with Crippen LogP contribution in [0.3, 0.4) is 0 Å². The standard InChI is InChI=1S/C18H24O2/c1-3-13(2)10-17(20)12-15-7-5-4-6-14-11-16(19)8-9-18(14)15/h8-11,15,19H,3-7,12H2,1-2H3/b13-10-/t15-/m1/s1. The molecule has 0 amide bonds. The Morgan fingerprint density at radius 1 is 1.40 bits per heavy atom. The van der Waals surface area contributed by atoms with E-state index in [9.17, 15) is 9.90 Å². The summed E-state index contributed by atoms with van der Waals surface area (Å²) in [5.74, 6) is 0.870. The number of aromatic hydroxyl groups is 1. The van der Waals surface area contributed by atoms with Gasteiger partial charge in [-0.05, 0) is 67.9 Å². The number of carbonyl (C=O) groups is 1. The lowest BCUT2D eigenvalue weighted by molar-refractivity contribution is -0.115.